The lowest BCUT2D eigenvalue weighted by Gasteiger charge is -2.29. The summed E-state index contributed by atoms with van der Waals surface area (Å²) in [5.74, 6) is -1.98. The van der Waals surface area contributed by atoms with E-state index in [-0.39, 0.29) is 5.91 Å². The van der Waals surface area contributed by atoms with Crippen molar-refractivity contribution in [3.63, 3.8) is 0 Å². The van der Waals surface area contributed by atoms with E-state index in [1.54, 1.807) is 25.7 Å². The molecule has 0 aromatic rings. The van der Waals surface area contributed by atoms with Crippen molar-refractivity contribution in [3.05, 3.63) is 0 Å². The van der Waals surface area contributed by atoms with Gasteiger partial charge in [-0.25, -0.2) is 0 Å². The Kier molecular flexibility index (Phi) is 4.14. The third-order valence-corrected chi connectivity index (χ3v) is 3.29. The summed E-state index contributed by atoms with van der Waals surface area (Å²) in [6, 6.07) is 0. The molecule has 1 rings (SSSR count). The van der Waals surface area contributed by atoms with Crippen LogP contribution in [0.3, 0.4) is 0 Å². The normalized spacial score (nSPS) is 22.6. The summed E-state index contributed by atoms with van der Waals surface area (Å²) in [5.41, 5.74) is 5.00. The average molecular weight is 242 g/mol. The summed E-state index contributed by atoms with van der Waals surface area (Å²) in [4.78, 5) is 25.1. The number of aliphatic carboxylic acids is 1. The van der Waals surface area contributed by atoms with Crippen LogP contribution in [0.4, 0.5) is 0 Å². The number of hydrogen-bond donors (Lipinski definition) is 2. The minimum Gasteiger partial charge on any atom is -0.481 e. The molecule has 1 aliphatic heterocycles. The number of carboxylic acid groups (broad SMARTS) is 1. The first-order chi connectivity index (χ1) is 7.77. The standard InChI is InChI=1S/C12H22N2O3/c1-12(2,3)9(11(16)17)10(15)14-5-4-8(6-13)7-14/h8-9H,4-7,13H2,1-3H3,(H,16,17). The molecule has 0 aromatic carbocycles. The van der Waals surface area contributed by atoms with Crippen molar-refractivity contribution >= 4 is 11.9 Å². The molecule has 0 radical (unpaired) electrons. The number of carbonyl (C=O) groups excluding carboxylic acids is 1. The maximum Gasteiger partial charge on any atom is 0.316 e. The van der Waals surface area contributed by atoms with E-state index in [9.17, 15) is 14.7 Å². The summed E-state index contributed by atoms with van der Waals surface area (Å²) in [5, 5.41) is 9.19. The minimum atomic E-state index is -1.04. The molecule has 2 atom stereocenters. The van der Waals surface area contributed by atoms with E-state index < -0.39 is 17.3 Å². The number of carboxylic acids is 1. The molecule has 5 nitrogen and oxygen atoms in total. The Hall–Kier alpha value is -1.10. The zero-order valence-electron chi connectivity index (χ0n) is 10.8. The van der Waals surface area contributed by atoms with E-state index in [1.165, 1.54) is 0 Å². The predicted octanol–water partition coefficient (Wildman–Crippen LogP) is 0.541. The second-order valence-corrected chi connectivity index (χ2v) is 5.81. The van der Waals surface area contributed by atoms with E-state index in [4.69, 9.17) is 5.73 Å². The fourth-order valence-electron chi connectivity index (χ4n) is 2.25. The highest BCUT2D eigenvalue weighted by atomic mass is 16.4. The number of amides is 1. The maximum absolute atomic E-state index is 12.2. The molecule has 3 N–H and O–H groups in total. The third kappa shape index (κ3) is 3.19. The van der Waals surface area contributed by atoms with Crippen LogP contribution in [0.15, 0.2) is 0 Å². The fourth-order valence-corrected chi connectivity index (χ4v) is 2.25. The molecule has 0 aliphatic carbocycles. The first-order valence-electron chi connectivity index (χ1n) is 5.99. The van der Waals surface area contributed by atoms with Crippen LogP contribution in [0, 0.1) is 17.3 Å². The van der Waals surface area contributed by atoms with E-state index >= 15 is 0 Å². The Morgan fingerprint density at radius 2 is 2.06 bits per heavy atom. The minimum absolute atomic E-state index is 0.277. The number of nitrogens with two attached hydrogens (primary N) is 1. The van der Waals surface area contributed by atoms with E-state index in [2.05, 4.69) is 0 Å². The van der Waals surface area contributed by atoms with Crippen molar-refractivity contribution < 1.29 is 14.7 Å². The molecule has 1 amide bonds. The van der Waals surface area contributed by atoms with Gasteiger partial charge in [-0.15, -0.1) is 0 Å². The first-order valence-corrected chi connectivity index (χ1v) is 5.99. The largest absolute Gasteiger partial charge is 0.481 e. The van der Waals surface area contributed by atoms with Gasteiger partial charge in [0, 0.05) is 13.1 Å². The zero-order chi connectivity index (χ0) is 13.2. The molecule has 98 valence electrons. The van der Waals surface area contributed by atoms with Crippen LogP contribution in [-0.2, 0) is 9.59 Å². The van der Waals surface area contributed by atoms with Crippen LogP contribution in [0.2, 0.25) is 0 Å². The van der Waals surface area contributed by atoms with Crippen LogP contribution < -0.4 is 5.73 Å². The van der Waals surface area contributed by atoms with Crippen LogP contribution in [-0.4, -0.2) is 41.5 Å². The van der Waals surface area contributed by atoms with E-state index in [0.717, 1.165) is 6.42 Å². The van der Waals surface area contributed by atoms with Crippen LogP contribution >= 0.6 is 0 Å². The third-order valence-electron chi connectivity index (χ3n) is 3.29. The lowest BCUT2D eigenvalue weighted by atomic mass is 9.80. The van der Waals surface area contributed by atoms with Gasteiger partial charge in [0.1, 0.15) is 5.92 Å². The van der Waals surface area contributed by atoms with Crippen molar-refractivity contribution in [3.8, 4) is 0 Å². The van der Waals surface area contributed by atoms with Gasteiger partial charge in [-0.3, -0.25) is 9.59 Å². The quantitative estimate of drug-likeness (QED) is 0.707. The average Bonchev–Trinajstić information content (AvgIpc) is 2.62. The molecule has 0 saturated carbocycles. The Bertz CT molecular complexity index is 309. The molecule has 1 fully saturated rings. The molecule has 1 saturated heterocycles. The van der Waals surface area contributed by atoms with Crippen LogP contribution in [0.25, 0.3) is 0 Å². The predicted molar refractivity (Wildman–Crippen MR) is 64.3 cm³/mol. The second-order valence-electron chi connectivity index (χ2n) is 5.81. The number of hydrogen-bond acceptors (Lipinski definition) is 3. The van der Waals surface area contributed by atoms with Crippen molar-refractivity contribution in [1.29, 1.82) is 0 Å². The Balaban J connectivity index is 2.77. The van der Waals surface area contributed by atoms with Gasteiger partial charge in [0.05, 0.1) is 0 Å². The van der Waals surface area contributed by atoms with Gasteiger partial charge in [-0.2, -0.15) is 0 Å². The summed E-state index contributed by atoms with van der Waals surface area (Å²) < 4.78 is 0. The molecule has 0 spiro atoms. The molecule has 17 heavy (non-hydrogen) atoms. The monoisotopic (exact) mass is 242 g/mol. The SMILES string of the molecule is CC(C)(C)C(C(=O)O)C(=O)N1CCC(CN)C1. The van der Waals surface area contributed by atoms with Gasteiger partial charge < -0.3 is 15.7 Å². The van der Waals surface area contributed by atoms with Crippen molar-refractivity contribution in [1.82, 2.24) is 4.90 Å². The highest BCUT2D eigenvalue weighted by molar-refractivity contribution is 5.97. The number of carbonyl (C=O) groups is 2. The van der Waals surface area contributed by atoms with Crippen LogP contribution in [0.5, 0.6) is 0 Å². The van der Waals surface area contributed by atoms with Gasteiger partial charge in [0.25, 0.3) is 0 Å². The molecule has 5 heteroatoms. The molecule has 0 aromatic heterocycles. The highest BCUT2D eigenvalue weighted by Crippen LogP contribution is 2.29. The summed E-state index contributed by atoms with van der Waals surface area (Å²) in [6.45, 7) is 7.10. The van der Waals surface area contributed by atoms with Gasteiger partial charge in [0.15, 0.2) is 0 Å². The Morgan fingerprint density at radius 1 is 1.47 bits per heavy atom. The molecule has 1 aliphatic rings. The van der Waals surface area contributed by atoms with Crippen molar-refractivity contribution in [2.24, 2.45) is 23.0 Å². The van der Waals surface area contributed by atoms with Gasteiger partial charge in [0.2, 0.25) is 5.91 Å². The zero-order valence-corrected chi connectivity index (χ0v) is 10.8. The lowest BCUT2D eigenvalue weighted by Crippen LogP contribution is -2.44. The maximum atomic E-state index is 12.2. The summed E-state index contributed by atoms with van der Waals surface area (Å²) >= 11 is 0. The highest BCUT2D eigenvalue weighted by Gasteiger charge is 2.41. The first kappa shape index (κ1) is 14.0. The number of nitrogens with zero attached hydrogens (tertiary/aromatic N) is 1. The summed E-state index contributed by atoms with van der Waals surface area (Å²) in [6.07, 6.45) is 0.874. The van der Waals surface area contributed by atoms with Crippen molar-refractivity contribution in [2.75, 3.05) is 19.6 Å². The molecule has 2 unspecified atom stereocenters. The van der Waals surface area contributed by atoms with E-state index in [1.807, 2.05) is 0 Å². The molecular weight excluding hydrogens is 220 g/mol. The summed E-state index contributed by atoms with van der Waals surface area (Å²) in [7, 11) is 0. The topological polar surface area (TPSA) is 83.6 Å². The smallest absolute Gasteiger partial charge is 0.316 e. The van der Waals surface area contributed by atoms with Gasteiger partial charge in [-0.05, 0) is 24.3 Å². The number of rotatable bonds is 3. The van der Waals surface area contributed by atoms with Gasteiger partial charge >= 0.3 is 5.97 Å². The van der Waals surface area contributed by atoms with Crippen molar-refractivity contribution in [2.45, 2.75) is 27.2 Å². The molecule has 1 heterocycles. The lowest BCUT2D eigenvalue weighted by molar-refractivity contribution is -0.155. The molecular formula is C12H22N2O3. The molecule has 0 bridgehead atoms. The van der Waals surface area contributed by atoms with Crippen LogP contribution in [0.1, 0.15) is 27.2 Å². The number of likely N-dealkylation sites (tertiary alicyclic amines) is 1. The fraction of sp³-hybridized carbons (Fsp3) is 0.833. The second kappa shape index (κ2) is 5.04. The Labute approximate surface area is 102 Å². The van der Waals surface area contributed by atoms with E-state index in [0.29, 0.717) is 25.6 Å². The Morgan fingerprint density at radius 3 is 2.41 bits per heavy atom. The van der Waals surface area contributed by atoms with Gasteiger partial charge in [-0.1, -0.05) is 20.8 Å².